The SMILES string of the molecule is Cc1ccc(C[Se]c2ccc([B-](F)(F)F)cc2)cc1.[K+]. The van der Waals surface area contributed by atoms with Crippen LogP contribution in [0.1, 0.15) is 11.1 Å². The maximum atomic E-state index is 12.5. The number of aryl methyl sites for hydroxylation is 1. The monoisotopic (exact) mass is 368 g/mol. The summed E-state index contributed by atoms with van der Waals surface area (Å²) in [7, 11) is 0. The van der Waals surface area contributed by atoms with Gasteiger partial charge in [-0.2, -0.15) is 0 Å². The van der Waals surface area contributed by atoms with Crippen LogP contribution in [0.5, 0.6) is 0 Å². The van der Waals surface area contributed by atoms with E-state index in [9.17, 15) is 12.9 Å². The fourth-order valence-electron chi connectivity index (χ4n) is 1.63. The molecule has 2 rings (SSSR count). The van der Waals surface area contributed by atoms with Crippen LogP contribution in [-0.4, -0.2) is 21.9 Å². The van der Waals surface area contributed by atoms with Crippen molar-refractivity contribution in [2.24, 2.45) is 0 Å². The number of benzene rings is 2. The van der Waals surface area contributed by atoms with Gasteiger partial charge in [-0.1, -0.05) is 0 Å². The molecule has 2 aromatic rings. The predicted molar refractivity (Wildman–Crippen MR) is 75.4 cm³/mol. The molecule has 0 heterocycles. The summed E-state index contributed by atoms with van der Waals surface area (Å²) in [6.45, 7) is -2.84. The topological polar surface area (TPSA) is 0 Å². The molecule has 0 aliphatic heterocycles. The number of hydrogen-bond acceptors (Lipinski definition) is 0. The molecule has 20 heavy (non-hydrogen) atoms. The van der Waals surface area contributed by atoms with Crippen molar-refractivity contribution in [3.05, 3.63) is 59.7 Å². The van der Waals surface area contributed by atoms with E-state index in [2.05, 4.69) is 24.3 Å². The summed E-state index contributed by atoms with van der Waals surface area (Å²) in [6, 6.07) is 13.8. The van der Waals surface area contributed by atoms with Crippen molar-refractivity contribution in [2.75, 3.05) is 0 Å². The summed E-state index contributed by atoms with van der Waals surface area (Å²) in [6.07, 6.45) is 0. The Kier molecular flexibility index (Phi) is 7.57. The van der Waals surface area contributed by atoms with Crippen LogP contribution < -0.4 is 61.3 Å². The minimum absolute atomic E-state index is 0. The van der Waals surface area contributed by atoms with E-state index >= 15 is 0 Å². The first kappa shape index (κ1) is 18.5. The van der Waals surface area contributed by atoms with Gasteiger partial charge in [-0.3, -0.25) is 0 Å². The first-order valence-electron chi connectivity index (χ1n) is 5.93. The van der Waals surface area contributed by atoms with Gasteiger partial charge < -0.3 is 0 Å². The fraction of sp³-hybridized carbons (Fsp3) is 0.143. The molecule has 0 amide bonds. The second kappa shape index (κ2) is 8.18. The van der Waals surface area contributed by atoms with E-state index in [0.717, 1.165) is 9.78 Å². The van der Waals surface area contributed by atoms with Crippen molar-refractivity contribution in [3.63, 3.8) is 0 Å². The molecule has 0 radical (unpaired) electrons. The van der Waals surface area contributed by atoms with Gasteiger partial charge in [0.05, 0.1) is 0 Å². The smallest absolute Gasteiger partial charge is 1.00 e. The Balaban J connectivity index is 0.00000200. The molecule has 0 saturated heterocycles. The number of halogens is 3. The van der Waals surface area contributed by atoms with Crippen LogP contribution in [0.3, 0.4) is 0 Å². The second-order valence-electron chi connectivity index (χ2n) is 4.42. The molecule has 0 atom stereocenters. The zero-order valence-electron chi connectivity index (χ0n) is 11.4. The van der Waals surface area contributed by atoms with Crippen LogP contribution in [0.15, 0.2) is 48.5 Å². The van der Waals surface area contributed by atoms with Crippen LogP contribution >= 0.6 is 0 Å². The van der Waals surface area contributed by atoms with Gasteiger partial charge in [0.15, 0.2) is 0 Å². The second-order valence-corrected chi connectivity index (χ2v) is 6.62. The van der Waals surface area contributed by atoms with Gasteiger partial charge >= 0.3 is 168 Å². The summed E-state index contributed by atoms with van der Waals surface area (Å²) in [4.78, 5) is 0. The van der Waals surface area contributed by atoms with Gasteiger partial charge in [0, 0.05) is 0 Å². The van der Waals surface area contributed by atoms with Gasteiger partial charge in [0.25, 0.3) is 0 Å². The van der Waals surface area contributed by atoms with Crippen LogP contribution in [0, 0.1) is 6.92 Å². The Morgan fingerprint density at radius 2 is 1.45 bits per heavy atom. The van der Waals surface area contributed by atoms with Gasteiger partial charge in [-0.15, -0.1) is 0 Å². The van der Waals surface area contributed by atoms with E-state index in [1.54, 1.807) is 12.1 Å². The van der Waals surface area contributed by atoms with Crippen LogP contribution in [0.4, 0.5) is 12.9 Å². The maximum Gasteiger partial charge on any atom is 1.00 e. The van der Waals surface area contributed by atoms with Crippen molar-refractivity contribution >= 4 is 31.9 Å². The predicted octanol–water partition coefficient (Wildman–Crippen LogP) is -0.417. The summed E-state index contributed by atoms with van der Waals surface area (Å²) in [5.41, 5.74) is 1.93. The molecule has 0 aliphatic carbocycles. The van der Waals surface area contributed by atoms with Crippen LogP contribution in [0.2, 0.25) is 0 Å². The Morgan fingerprint density at radius 1 is 0.900 bits per heavy atom. The minimum Gasteiger partial charge on any atom is 1.00 e. The van der Waals surface area contributed by atoms with Crippen molar-refractivity contribution < 1.29 is 64.3 Å². The Morgan fingerprint density at radius 3 is 1.95 bits per heavy atom. The molecule has 6 heteroatoms. The van der Waals surface area contributed by atoms with E-state index in [4.69, 9.17) is 0 Å². The molecule has 0 N–H and O–H groups in total. The Bertz CT molecular complexity index is 538. The van der Waals surface area contributed by atoms with Crippen LogP contribution in [-0.2, 0) is 5.32 Å². The third-order valence-electron chi connectivity index (χ3n) is 2.78. The number of rotatable bonds is 4. The largest absolute Gasteiger partial charge is 1.00 e. The molecule has 0 nitrogen and oxygen atoms in total. The van der Waals surface area contributed by atoms with Crippen molar-refractivity contribution in [2.45, 2.75) is 12.2 Å². The summed E-state index contributed by atoms with van der Waals surface area (Å²) >= 11 is 0.173. The fourth-order valence-corrected chi connectivity index (χ4v) is 3.43. The van der Waals surface area contributed by atoms with Gasteiger partial charge in [-0.05, 0) is 0 Å². The molecule has 0 bridgehead atoms. The third kappa shape index (κ3) is 5.68. The zero-order valence-corrected chi connectivity index (χ0v) is 16.3. The van der Waals surface area contributed by atoms with Crippen LogP contribution in [0.25, 0.3) is 0 Å². The first-order valence-corrected chi connectivity index (χ1v) is 8.00. The zero-order chi connectivity index (χ0) is 13.9. The molecular weight excluding hydrogens is 354 g/mol. The summed E-state index contributed by atoms with van der Waals surface area (Å²) in [5, 5.41) is 0.907. The van der Waals surface area contributed by atoms with E-state index in [0.29, 0.717) is 0 Å². The van der Waals surface area contributed by atoms with E-state index in [1.165, 1.54) is 23.3 Å². The Labute approximate surface area is 166 Å². The molecule has 0 fully saturated rings. The summed E-state index contributed by atoms with van der Waals surface area (Å²) in [5.74, 6) is 0. The van der Waals surface area contributed by atoms with Gasteiger partial charge in [-0.25, -0.2) is 0 Å². The summed E-state index contributed by atoms with van der Waals surface area (Å²) < 4.78 is 38.4. The molecule has 0 unspecified atom stereocenters. The van der Waals surface area contributed by atoms with Gasteiger partial charge in [0.2, 0.25) is 0 Å². The maximum absolute atomic E-state index is 12.5. The average Bonchev–Trinajstić information content (AvgIpc) is 2.37. The standard InChI is InChI=1S/C14H13BF3Se.K/c1-11-2-4-12(5-3-11)10-19-14-8-6-13(7-9-14)15(16,17)18;/h2-9H,10H2,1H3;/q-1;+1. The van der Waals surface area contributed by atoms with E-state index in [1.807, 2.05) is 6.92 Å². The molecule has 0 aliphatic rings. The van der Waals surface area contributed by atoms with Gasteiger partial charge in [0.1, 0.15) is 0 Å². The molecule has 0 saturated carbocycles. The average molecular weight is 367 g/mol. The molecule has 0 spiro atoms. The normalized spacial score (nSPS) is 11.0. The number of hydrogen-bond donors (Lipinski definition) is 0. The third-order valence-corrected chi connectivity index (χ3v) is 5.06. The van der Waals surface area contributed by atoms with E-state index in [-0.39, 0.29) is 66.3 Å². The molecule has 100 valence electrons. The van der Waals surface area contributed by atoms with Crippen molar-refractivity contribution in [1.82, 2.24) is 0 Å². The first-order chi connectivity index (χ1) is 8.95. The molecule has 0 aromatic heterocycles. The van der Waals surface area contributed by atoms with Crippen molar-refractivity contribution in [1.29, 1.82) is 0 Å². The minimum atomic E-state index is -4.88. The molecule has 2 aromatic carbocycles. The quantitative estimate of drug-likeness (QED) is 0.645. The van der Waals surface area contributed by atoms with E-state index < -0.39 is 12.4 Å². The van der Waals surface area contributed by atoms with Crippen molar-refractivity contribution in [3.8, 4) is 0 Å². The molecular formula is C14H13BF3KSe. The Hall–Kier alpha value is 0.451.